The number of carbonyl (C=O) groups is 2. The molecule has 4 rings (SSSR count). The average molecular weight is 395 g/mol. The first kappa shape index (κ1) is 19.7. The monoisotopic (exact) mass is 394 g/mol. The molecular formula is C23H30N4O2. The minimum absolute atomic E-state index is 0.00985. The Morgan fingerprint density at radius 2 is 1.83 bits per heavy atom. The van der Waals surface area contributed by atoms with E-state index >= 15 is 0 Å². The summed E-state index contributed by atoms with van der Waals surface area (Å²) >= 11 is 0. The summed E-state index contributed by atoms with van der Waals surface area (Å²) in [4.78, 5) is 35.0. The molecule has 0 bridgehead atoms. The molecule has 0 aliphatic carbocycles. The van der Waals surface area contributed by atoms with Crippen molar-refractivity contribution in [3.05, 3.63) is 47.5 Å². The van der Waals surface area contributed by atoms with Crippen LogP contribution in [0.15, 0.2) is 30.3 Å². The average Bonchev–Trinajstić information content (AvgIpc) is 3.15. The van der Waals surface area contributed by atoms with Crippen molar-refractivity contribution in [1.82, 2.24) is 14.5 Å². The molecule has 1 aromatic carbocycles. The second kappa shape index (κ2) is 8.39. The van der Waals surface area contributed by atoms with E-state index < -0.39 is 0 Å². The van der Waals surface area contributed by atoms with E-state index in [1.165, 1.54) is 0 Å². The Kier molecular flexibility index (Phi) is 5.69. The molecular weight excluding hydrogens is 364 g/mol. The summed E-state index contributed by atoms with van der Waals surface area (Å²) in [7, 11) is 0. The maximum absolute atomic E-state index is 13.4. The number of hydrogen-bond acceptors (Lipinski definition) is 3. The Hall–Kier alpha value is -2.63. The topological polar surface area (TPSA) is 58.4 Å². The Bertz CT molecular complexity index is 882. The SMILES string of the molecule is CCN(C(=O)c1nc(C(=O)N2CCC(C)CC2)c2n1CCCC2)c1ccccc1. The third-order valence-corrected chi connectivity index (χ3v) is 6.21. The minimum Gasteiger partial charge on any atom is -0.337 e. The van der Waals surface area contributed by atoms with E-state index in [4.69, 9.17) is 0 Å². The lowest BCUT2D eigenvalue weighted by molar-refractivity contribution is 0.0690. The molecule has 6 nitrogen and oxygen atoms in total. The van der Waals surface area contributed by atoms with Gasteiger partial charge in [-0.3, -0.25) is 9.59 Å². The number of carbonyl (C=O) groups excluding carboxylic acids is 2. The lowest BCUT2D eigenvalue weighted by Crippen LogP contribution is -2.38. The zero-order chi connectivity index (χ0) is 20.4. The standard InChI is InChI=1S/C23H30N4O2/c1-3-26(18-9-5-4-6-10-18)23(29)21-24-20(19-11-7-8-14-27(19)21)22(28)25-15-12-17(2)13-16-25/h4-6,9-10,17H,3,7-8,11-16H2,1-2H3. The fourth-order valence-corrected chi connectivity index (χ4v) is 4.41. The van der Waals surface area contributed by atoms with Crippen molar-refractivity contribution in [2.45, 2.75) is 52.5 Å². The Morgan fingerprint density at radius 1 is 1.10 bits per heavy atom. The van der Waals surface area contributed by atoms with Gasteiger partial charge in [-0.1, -0.05) is 25.1 Å². The molecule has 1 fully saturated rings. The highest BCUT2D eigenvalue weighted by atomic mass is 16.2. The summed E-state index contributed by atoms with van der Waals surface area (Å²) < 4.78 is 2.00. The molecule has 2 aliphatic heterocycles. The van der Waals surface area contributed by atoms with Gasteiger partial charge >= 0.3 is 0 Å². The summed E-state index contributed by atoms with van der Waals surface area (Å²) in [5, 5.41) is 0. The molecule has 0 radical (unpaired) electrons. The molecule has 154 valence electrons. The van der Waals surface area contributed by atoms with Crippen LogP contribution in [0.1, 0.15) is 66.3 Å². The molecule has 3 heterocycles. The van der Waals surface area contributed by atoms with Gasteiger partial charge < -0.3 is 14.4 Å². The number of rotatable bonds is 4. The highest BCUT2D eigenvalue weighted by Crippen LogP contribution is 2.26. The Balaban J connectivity index is 1.67. The number of piperidine rings is 1. The van der Waals surface area contributed by atoms with Crippen LogP contribution in [-0.4, -0.2) is 45.9 Å². The largest absolute Gasteiger partial charge is 0.337 e. The molecule has 1 aromatic heterocycles. The van der Waals surface area contributed by atoms with Crippen LogP contribution < -0.4 is 4.90 Å². The fourth-order valence-electron chi connectivity index (χ4n) is 4.41. The van der Waals surface area contributed by atoms with Crippen molar-refractivity contribution in [3.8, 4) is 0 Å². The molecule has 0 spiro atoms. The van der Waals surface area contributed by atoms with Crippen molar-refractivity contribution in [1.29, 1.82) is 0 Å². The number of aromatic nitrogens is 2. The van der Waals surface area contributed by atoms with Crippen LogP contribution in [0.4, 0.5) is 5.69 Å². The van der Waals surface area contributed by atoms with E-state index in [-0.39, 0.29) is 11.8 Å². The summed E-state index contributed by atoms with van der Waals surface area (Å²) in [6, 6.07) is 9.66. The quantitative estimate of drug-likeness (QED) is 0.793. The van der Waals surface area contributed by atoms with Crippen molar-refractivity contribution in [2.24, 2.45) is 5.92 Å². The zero-order valence-electron chi connectivity index (χ0n) is 17.4. The lowest BCUT2D eigenvalue weighted by Gasteiger charge is -2.30. The van der Waals surface area contributed by atoms with Crippen LogP contribution in [0.5, 0.6) is 0 Å². The summed E-state index contributed by atoms with van der Waals surface area (Å²) in [6.45, 7) is 7.06. The van der Waals surface area contributed by atoms with Crippen LogP contribution in [-0.2, 0) is 13.0 Å². The number of amides is 2. The van der Waals surface area contributed by atoms with Crippen LogP contribution in [0.3, 0.4) is 0 Å². The van der Waals surface area contributed by atoms with Gasteiger partial charge in [-0.15, -0.1) is 0 Å². The molecule has 29 heavy (non-hydrogen) atoms. The van der Waals surface area contributed by atoms with Crippen molar-refractivity contribution in [2.75, 3.05) is 24.5 Å². The number of benzene rings is 1. The fraction of sp³-hybridized carbons (Fsp3) is 0.522. The number of likely N-dealkylation sites (tertiary alicyclic amines) is 1. The van der Waals surface area contributed by atoms with E-state index in [1.54, 1.807) is 4.90 Å². The highest BCUT2D eigenvalue weighted by Gasteiger charge is 2.32. The van der Waals surface area contributed by atoms with Crippen molar-refractivity contribution < 1.29 is 9.59 Å². The molecule has 0 N–H and O–H groups in total. The second-order valence-electron chi connectivity index (χ2n) is 8.20. The third-order valence-electron chi connectivity index (χ3n) is 6.21. The van der Waals surface area contributed by atoms with Gasteiger partial charge in [-0.25, -0.2) is 4.98 Å². The van der Waals surface area contributed by atoms with Crippen LogP contribution >= 0.6 is 0 Å². The van der Waals surface area contributed by atoms with Crippen molar-refractivity contribution >= 4 is 17.5 Å². The Labute approximate surface area is 172 Å². The molecule has 2 aromatic rings. The van der Waals surface area contributed by atoms with Gasteiger partial charge in [-0.2, -0.15) is 0 Å². The predicted octanol–water partition coefficient (Wildman–Crippen LogP) is 3.76. The molecule has 2 amide bonds. The van der Waals surface area contributed by atoms with E-state index in [9.17, 15) is 9.59 Å². The summed E-state index contributed by atoms with van der Waals surface area (Å²) in [5.41, 5.74) is 2.28. The highest BCUT2D eigenvalue weighted by molar-refractivity contribution is 6.05. The van der Waals surface area contributed by atoms with E-state index in [0.29, 0.717) is 24.0 Å². The summed E-state index contributed by atoms with van der Waals surface area (Å²) in [6.07, 6.45) is 4.92. The van der Waals surface area contributed by atoms with Crippen LogP contribution in [0.25, 0.3) is 0 Å². The number of anilines is 1. The first-order valence-corrected chi connectivity index (χ1v) is 10.9. The Morgan fingerprint density at radius 3 is 2.52 bits per heavy atom. The van der Waals surface area contributed by atoms with Gasteiger partial charge in [0.25, 0.3) is 11.8 Å². The van der Waals surface area contributed by atoms with Gasteiger partial charge in [0.05, 0.1) is 5.69 Å². The van der Waals surface area contributed by atoms with E-state index in [2.05, 4.69) is 11.9 Å². The number of para-hydroxylation sites is 1. The maximum atomic E-state index is 13.4. The minimum atomic E-state index is -0.131. The normalized spacial score (nSPS) is 17.1. The van der Waals surface area contributed by atoms with Crippen molar-refractivity contribution in [3.63, 3.8) is 0 Å². The number of imidazole rings is 1. The van der Waals surface area contributed by atoms with Crippen LogP contribution in [0.2, 0.25) is 0 Å². The van der Waals surface area contributed by atoms with Gasteiger partial charge in [0.2, 0.25) is 5.82 Å². The van der Waals surface area contributed by atoms with Gasteiger partial charge in [0, 0.05) is 31.9 Å². The van der Waals surface area contributed by atoms with Gasteiger partial charge in [-0.05, 0) is 57.1 Å². The number of fused-ring (bicyclic) bond motifs is 1. The van der Waals surface area contributed by atoms with Gasteiger partial charge in [0.1, 0.15) is 5.69 Å². The molecule has 0 atom stereocenters. The van der Waals surface area contributed by atoms with E-state index in [0.717, 1.165) is 63.1 Å². The first-order chi connectivity index (χ1) is 14.1. The number of hydrogen-bond donors (Lipinski definition) is 0. The molecule has 1 saturated heterocycles. The lowest BCUT2D eigenvalue weighted by atomic mass is 9.98. The predicted molar refractivity (Wildman–Crippen MR) is 113 cm³/mol. The molecule has 6 heteroatoms. The first-order valence-electron chi connectivity index (χ1n) is 10.9. The number of nitrogens with zero attached hydrogens (tertiary/aromatic N) is 4. The maximum Gasteiger partial charge on any atom is 0.294 e. The van der Waals surface area contributed by atoms with Crippen LogP contribution in [0, 0.1) is 5.92 Å². The molecule has 0 saturated carbocycles. The zero-order valence-corrected chi connectivity index (χ0v) is 17.4. The molecule has 2 aliphatic rings. The third kappa shape index (κ3) is 3.80. The van der Waals surface area contributed by atoms with Gasteiger partial charge in [0.15, 0.2) is 0 Å². The smallest absolute Gasteiger partial charge is 0.294 e. The molecule has 0 unspecified atom stereocenters. The summed E-state index contributed by atoms with van der Waals surface area (Å²) in [5.74, 6) is 0.924. The second-order valence-corrected chi connectivity index (χ2v) is 8.20. The van der Waals surface area contributed by atoms with E-state index in [1.807, 2.05) is 46.7 Å².